The molecule has 2 aliphatic rings. The minimum absolute atomic E-state index is 0.0888. The Morgan fingerprint density at radius 1 is 1.10 bits per heavy atom. The molecule has 8 nitrogen and oxygen atoms in total. The number of pyridine rings is 1. The third kappa shape index (κ3) is 5.77. The molecule has 2 N–H and O–H groups in total. The van der Waals surface area contributed by atoms with Gasteiger partial charge in [-0.1, -0.05) is 31.2 Å². The molecule has 1 fully saturated rings. The summed E-state index contributed by atoms with van der Waals surface area (Å²) in [6.07, 6.45) is 9.51. The van der Waals surface area contributed by atoms with Crippen LogP contribution in [-0.2, 0) is 4.79 Å². The number of carbonyl (C=O) groups excluding carboxylic acids is 2. The van der Waals surface area contributed by atoms with Gasteiger partial charge in [0.05, 0.1) is 18.9 Å². The van der Waals surface area contributed by atoms with Crippen LogP contribution in [0.4, 0.5) is 0 Å². The van der Waals surface area contributed by atoms with Gasteiger partial charge in [0.1, 0.15) is 18.5 Å². The van der Waals surface area contributed by atoms with E-state index >= 15 is 0 Å². The van der Waals surface area contributed by atoms with E-state index in [1.54, 1.807) is 48.8 Å². The van der Waals surface area contributed by atoms with Crippen molar-refractivity contribution in [3.05, 3.63) is 89.2 Å². The number of carbonyl (C=O) groups is 2. The van der Waals surface area contributed by atoms with Gasteiger partial charge in [0, 0.05) is 35.0 Å². The molecule has 3 unspecified atom stereocenters. The van der Waals surface area contributed by atoms with Crippen molar-refractivity contribution in [3.63, 3.8) is 0 Å². The van der Waals surface area contributed by atoms with E-state index in [0.29, 0.717) is 29.0 Å². The summed E-state index contributed by atoms with van der Waals surface area (Å²) in [5.41, 5.74) is 10.3. The average molecular weight is 541 g/mol. The number of hydrogen-bond acceptors (Lipinski definition) is 8. The number of nitrogens with two attached hydrogens (primary N) is 1. The molecule has 1 saturated carbocycles. The summed E-state index contributed by atoms with van der Waals surface area (Å²) in [5, 5.41) is 6.68. The molecule has 3 atom stereocenters. The van der Waals surface area contributed by atoms with Crippen molar-refractivity contribution in [3.8, 4) is 11.5 Å². The maximum absolute atomic E-state index is 12.8. The van der Waals surface area contributed by atoms with Crippen molar-refractivity contribution in [2.24, 2.45) is 16.8 Å². The van der Waals surface area contributed by atoms with Crippen molar-refractivity contribution < 1.29 is 19.1 Å². The van der Waals surface area contributed by atoms with Crippen molar-refractivity contribution in [1.29, 1.82) is 0 Å². The zero-order valence-electron chi connectivity index (χ0n) is 23.0. The van der Waals surface area contributed by atoms with Crippen LogP contribution in [0, 0.1) is 5.92 Å². The molecule has 208 valence electrons. The fourth-order valence-corrected chi connectivity index (χ4v) is 5.59. The molecule has 0 bridgehead atoms. The summed E-state index contributed by atoms with van der Waals surface area (Å²) in [7, 11) is 1.65. The van der Waals surface area contributed by atoms with E-state index < -0.39 is 12.2 Å². The maximum Gasteiger partial charge on any atom is 0.194 e. The molecule has 0 spiro atoms. The highest BCUT2D eigenvalue weighted by atomic mass is 16.5. The number of aldehydes is 1. The van der Waals surface area contributed by atoms with Crippen LogP contribution in [0.3, 0.4) is 0 Å². The molecular formula is C32H36N4O4. The van der Waals surface area contributed by atoms with Crippen molar-refractivity contribution in [2.75, 3.05) is 7.11 Å². The van der Waals surface area contributed by atoms with Gasteiger partial charge in [0.25, 0.3) is 0 Å². The number of hydrogen-bond donors (Lipinski definition) is 1. The van der Waals surface area contributed by atoms with Gasteiger partial charge in [0.2, 0.25) is 0 Å². The minimum Gasteiger partial charge on any atom is -0.493 e. The van der Waals surface area contributed by atoms with Crippen LogP contribution in [0.25, 0.3) is 0 Å². The van der Waals surface area contributed by atoms with Crippen LogP contribution in [0.2, 0.25) is 0 Å². The Morgan fingerprint density at radius 3 is 2.52 bits per heavy atom. The quantitative estimate of drug-likeness (QED) is 0.275. The first-order valence-electron chi connectivity index (χ1n) is 14.0. The van der Waals surface area contributed by atoms with E-state index in [0.717, 1.165) is 42.4 Å². The molecule has 1 aromatic heterocycles. The van der Waals surface area contributed by atoms with Gasteiger partial charge in [-0.05, 0) is 74.4 Å². The zero-order chi connectivity index (χ0) is 28.1. The number of rotatable bonds is 10. The van der Waals surface area contributed by atoms with Gasteiger partial charge in [-0.2, -0.15) is 5.10 Å². The van der Waals surface area contributed by atoms with Gasteiger partial charge in [-0.15, -0.1) is 0 Å². The minimum atomic E-state index is -0.669. The lowest BCUT2D eigenvalue weighted by Crippen LogP contribution is -2.46. The van der Waals surface area contributed by atoms with Crippen LogP contribution < -0.4 is 15.2 Å². The van der Waals surface area contributed by atoms with Crippen molar-refractivity contribution in [1.82, 2.24) is 9.99 Å². The van der Waals surface area contributed by atoms with E-state index in [4.69, 9.17) is 20.3 Å². The Bertz CT molecular complexity index is 1350. The van der Waals surface area contributed by atoms with E-state index in [-0.39, 0.29) is 17.8 Å². The first-order valence-corrected chi connectivity index (χ1v) is 14.0. The van der Waals surface area contributed by atoms with E-state index in [1.165, 1.54) is 12.8 Å². The van der Waals surface area contributed by atoms with Gasteiger partial charge in [0.15, 0.2) is 17.3 Å². The fourth-order valence-electron chi connectivity index (χ4n) is 5.59. The maximum atomic E-state index is 12.8. The Balaban J connectivity index is 1.44. The SMILES string of the molecule is CCC1CC(C=O)N(C(N)c2ccc(C(=O)c3cccnc3)cc2)N=C1c1ccc(OC)c(OC2CCCC2)c1. The second-order valence-electron chi connectivity index (χ2n) is 10.4. The molecule has 0 radical (unpaired) electrons. The van der Waals surface area contributed by atoms with E-state index in [2.05, 4.69) is 11.9 Å². The Kier molecular flexibility index (Phi) is 8.55. The lowest BCUT2D eigenvalue weighted by atomic mass is 9.87. The highest BCUT2D eigenvalue weighted by Crippen LogP contribution is 2.36. The summed E-state index contributed by atoms with van der Waals surface area (Å²) in [6.45, 7) is 2.11. The Morgan fingerprint density at radius 2 is 1.88 bits per heavy atom. The summed E-state index contributed by atoms with van der Waals surface area (Å²) in [4.78, 5) is 29.0. The van der Waals surface area contributed by atoms with E-state index in [9.17, 15) is 9.59 Å². The third-order valence-electron chi connectivity index (χ3n) is 7.90. The van der Waals surface area contributed by atoms with Crippen molar-refractivity contribution in [2.45, 2.75) is 63.8 Å². The summed E-state index contributed by atoms with van der Waals surface area (Å²) < 4.78 is 11.9. The average Bonchev–Trinajstić information content (AvgIpc) is 3.53. The van der Waals surface area contributed by atoms with Gasteiger partial charge in [-0.3, -0.25) is 14.8 Å². The lowest BCUT2D eigenvalue weighted by Gasteiger charge is -2.38. The van der Waals surface area contributed by atoms with Crippen LogP contribution in [0.1, 0.15) is 78.7 Å². The number of nitrogens with zero attached hydrogens (tertiary/aromatic N) is 3. The topological polar surface area (TPSA) is 107 Å². The molecule has 0 amide bonds. The van der Waals surface area contributed by atoms with Gasteiger partial charge >= 0.3 is 0 Å². The summed E-state index contributed by atoms with van der Waals surface area (Å²) in [6, 6.07) is 16.1. The number of hydrazone groups is 1. The molecule has 2 heterocycles. The van der Waals surface area contributed by atoms with E-state index in [1.807, 2.05) is 30.3 Å². The molecule has 0 saturated heterocycles. The monoisotopic (exact) mass is 540 g/mol. The van der Waals surface area contributed by atoms with Crippen LogP contribution in [-0.4, -0.2) is 47.0 Å². The molecule has 40 heavy (non-hydrogen) atoms. The number of methoxy groups -OCH3 is 1. The smallest absolute Gasteiger partial charge is 0.194 e. The Labute approximate surface area is 235 Å². The second-order valence-corrected chi connectivity index (χ2v) is 10.4. The predicted octanol–water partition coefficient (Wildman–Crippen LogP) is 5.30. The standard InChI is InChI=1S/C32H36N4O4/c1-3-21-17-26(20-37)36(32(33)23-12-10-22(11-13-23)31(38)25-7-6-16-34-19-25)35-30(21)24-14-15-28(39-2)29(18-24)40-27-8-4-5-9-27/h6-7,10-16,18-21,26-27,32H,3-5,8-9,17,33H2,1-2H3. The molecule has 8 heteroatoms. The number of ketones is 1. The molecular weight excluding hydrogens is 504 g/mol. The van der Waals surface area contributed by atoms with Crippen LogP contribution >= 0.6 is 0 Å². The van der Waals surface area contributed by atoms with Crippen molar-refractivity contribution >= 4 is 17.8 Å². The zero-order valence-corrected chi connectivity index (χ0v) is 23.0. The molecule has 2 aromatic carbocycles. The fraction of sp³-hybridized carbons (Fsp3) is 0.375. The summed E-state index contributed by atoms with van der Waals surface area (Å²) >= 11 is 0. The third-order valence-corrected chi connectivity index (χ3v) is 7.90. The Hall–Kier alpha value is -4.04. The molecule has 1 aliphatic carbocycles. The first-order chi connectivity index (χ1) is 19.5. The highest BCUT2D eigenvalue weighted by Gasteiger charge is 2.34. The predicted molar refractivity (Wildman–Crippen MR) is 154 cm³/mol. The molecule has 1 aliphatic heterocycles. The number of ether oxygens (including phenoxy) is 2. The summed E-state index contributed by atoms with van der Waals surface area (Å²) in [5.74, 6) is 1.39. The van der Waals surface area contributed by atoms with Crippen LogP contribution in [0.5, 0.6) is 11.5 Å². The number of aromatic nitrogens is 1. The van der Waals surface area contributed by atoms with Gasteiger partial charge < -0.3 is 20.0 Å². The first kappa shape index (κ1) is 27.5. The van der Waals surface area contributed by atoms with Crippen LogP contribution in [0.15, 0.2) is 72.1 Å². The largest absolute Gasteiger partial charge is 0.493 e. The number of benzene rings is 2. The highest BCUT2D eigenvalue weighted by molar-refractivity contribution is 6.08. The molecule has 5 rings (SSSR count). The normalized spacial score (nSPS) is 20.1. The molecule has 3 aromatic rings. The van der Waals surface area contributed by atoms with Gasteiger partial charge in [-0.25, -0.2) is 0 Å². The lowest BCUT2D eigenvalue weighted by molar-refractivity contribution is -0.114. The second kappa shape index (κ2) is 12.4.